The second-order valence-corrected chi connectivity index (χ2v) is 12.7. The number of carbonyl (C=O) groups is 2. The lowest BCUT2D eigenvalue weighted by atomic mass is 10.1. The Balaban J connectivity index is 2.16. The van der Waals surface area contributed by atoms with Gasteiger partial charge in [0.1, 0.15) is 24.1 Å². The molecular formula is C31H37ClN4O8S. The van der Waals surface area contributed by atoms with Crippen LogP contribution in [-0.2, 0) is 26.2 Å². The van der Waals surface area contributed by atoms with Crippen molar-refractivity contribution in [3.05, 3.63) is 86.9 Å². The van der Waals surface area contributed by atoms with Gasteiger partial charge in [-0.15, -0.1) is 0 Å². The molecule has 45 heavy (non-hydrogen) atoms. The third-order valence-electron chi connectivity index (χ3n) is 7.31. The molecule has 0 radical (unpaired) electrons. The molecule has 1 N–H and O–H groups in total. The molecule has 2 amide bonds. The Hall–Kier alpha value is -4.36. The van der Waals surface area contributed by atoms with E-state index in [0.29, 0.717) is 17.7 Å². The first-order valence-corrected chi connectivity index (χ1v) is 15.9. The fourth-order valence-electron chi connectivity index (χ4n) is 4.46. The fraction of sp³-hybridized carbons (Fsp3) is 0.355. The molecule has 0 aliphatic heterocycles. The van der Waals surface area contributed by atoms with Crippen LogP contribution in [0.1, 0.15) is 38.3 Å². The second kappa shape index (κ2) is 15.1. The lowest BCUT2D eigenvalue weighted by molar-refractivity contribution is -0.385. The first-order chi connectivity index (χ1) is 21.2. The van der Waals surface area contributed by atoms with Crippen LogP contribution in [0.5, 0.6) is 11.5 Å². The van der Waals surface area contributed by atoms with E-state index >= 15 is 0 Å². The zero-order valence-electron chi connectivity index (χ0n) is 25.9. The summed E-state index contributed by atoms with van der Waals surface area (Å²) in [6.45, 7) is 5.94. The van der Waals surface area contributed by atoms with Gasteiger partial charge in [-0.2, -0.15) is 0 Å². The van der Waals surface area contributed by atoms with Gasteiger partial charge in [0.05, 0.1) is 29.7 Å². The predicted molar refractivity (Wildman–Crippen MR) is 171 cm³/mol. The van der Waals surface area contributed by atoms with E-state index < -0.39 is 49.9 Å². The quantitative estimate of drug-likeness (QED) is 0.185. The highest BCUT2D eigenvalue weighted by Gasteiger charge is 2.35. The van der Waals surface area contributed by atoms with Crippen LogP contribution >= 0.6 is 11.6 Å². The van der Waals surface area contributed by atoms with Crippen LogP contribution < -0.4 is 19.1 Å². The fourth-order valence-corrected chi connectivity index (χ4v) is 6.06. The van der Waals surface area contributed by atoms with E-state index in [9.17, 15) is 28.1 Å². The molecule has 0 fully saturated rings. The summed E-state index contributed by atoms with van der Waals surface area (Å²) in [4.78, 5) is 39.3. The standard InChI is InChI=1S/C31H37ClN4O8S/c1-7-21(3)33-31(38)22(4)34(18-23-9-8-10-25(15-23)43-5)30(37)19-35(28-16-24(32)12-14-29(28)44-6)45(41,42)26-13-11-20(2)27(17-26)36(39)40/h8-17,21-22H,7,18-19H2,1-6H3,(H,33,38)/t21-,22+/m1/s1. The van der Waals surface area contributed by atoms with Gasteiger partial charge in [-0.3, -0.25) is 24.0 Å². The van der Waals surface area contributed by atoms with E-state index in [1.165, 1.54) is 56.4 Å². The van der Waals surface area contributed by atoms with Crippen LogP contribution in [0.3, 0.4) is 0 Å². The summed E-state index contributed by atoms with van der Waals surface area (Å²) >= 11 is 6.26. The number of halogens is 1. The third-order valence-corrected chi connectivity index (χ3v) is 9.30. The summed E-state index contributed by atoms with van der Waals surface area (Å²) in [7, 11) is -1.81. The predicted octanol–water partition coefficient (Wildman–Crippen LogP) is 5.10. The van der Waals surface area contributed by atoms with Gasteiger partial charge in [-0.1, -0.05) is 36.7 Å². The van der Waals surface area contributed by atoms with Crippen LogP contribution in [0.25, 0.3) is 0 Å². The number of sulfonamides is 1. The van der Waals surface area contributed by atoms with E-state index in [2.05, 4.69) is 5.32 Å². The highest BCUT2D eigenvalue weighted by molar-refractivity contribution is 7.92. The molecule has 0 spiro atoms. The number of nitro benzene ring substituents is 1. The molecule has 3 rings (SSSR count). The number of methoxy groups -OCH3 is 2. The van der Waals surface area contributed by atoms with E-state index in [1.807, 2.05) is 13.8 Å². The van der Waals surface area contributed by atoms with Gasteiger partial charge in [0.2, 0.25) is 11.8 Å². The first-order valence-electron chi connectivity index (χ1n) is 14.1. The molecule has 0 aliphatic carbocycles. The largest absolute Gasteiger partial charge is 0.497 e. The molecule has 3 aromatic rings. The summed E-state index contributed by atoms with van der Waals surface area (Å²) in [6, 6.07) is 13.5. The van der Waals surface area contributed by atoms with Gasteiger partial charge >= 0.3 is 0 Å². The molecule has 0 saturated carbocycles. The number of ether oxygens (including phenoxy) is 2. The Morgan fingerprint density at radius 2 is 1.76 bits per heavy atom. The minimum atomic E-state index is -4.64. The van der Waals surface area contributed by atoms with Crippen molar-refractivity contribution in [2.24, 2.45) is 0 Å². The maximum Gasteiger partial charge on any atom is 0.273 e. The van der Waals surface area contributed by atoms with Gasteiger partial charge in [0.25, 0.3) is 15.7 Å². The number of hydrogen-bond donors (Lipinski definition) is 1. The number of amides is 2. The second-order valence-electron chi connectivity index (χ2n) is 10.4. The van der Waals surface area contributed by atoms with Gasteiger partial charge in [-0.05, 0) is 69.2 Å². The van der Waals surface area contributed by atoms with Crippen molar-refractivity contribution in [2.45, 2.75) is 57.6 Å². The number of benzene rings is 3. The van der Waals surface area contributed by atoms with Crippen LogP contribution in [0.15, 0.2) is 65.6 Å². The highest BCUT2D eigenvalue weighted by Crippen LogP contribution is 2.36. The van der Waals surface area contributed by atoms with E-state index in [4.69, 9.17) is 21.1 Å². The maximum absolute atomic E-state index is 14.2. The van der Waals surface area contributed by atoms with Gasteiger partial charge < -0.3 is 19.7 Å². The van der Waals surface area contributed by atoms with Crippen molar-refractivity contribution < 1.29 is 32.4 Å². The number of carbonyl (C=O) groups excluding carboxylic acids is 2. The average molecular weight is 661 g/mol. The Morgan fingerprint density at radius 1 is 1.04 bits per heavy atom. The summed E-state index contributed by atoms with van der Waals surface area (Å²) < 4.78 is 40.0. The van der Waals surface area contributed by atoms with Crippen LogP contribution in [-0.4, -0.2) is 62.9 Å². The normalized spacial score (nSPS) is 12.5. The Kier molecular flexibility index (Phi) is 11.8. The van der Waals surface area contributed by atoms with Crippen molar-refractivity contribution in [1.82, 2.24) is 10.2 Å². The Morgan fingerprint density at radius 3 is 2.38 bits per heavy atom. The number of hydrogen-bond acceptors (Lipinski definition) is 8. The molecule has 0 saturated heterocycles. The summed E-state index contributed by atoms with van der Waals surface area (Å²) in [6.07, 6.45) is 0.658. The van der Waals surface area contributed by atoms with Crippen LogP contribution in [0.4, 0.5) is 11.4 Å². The molecule has 3 aromatic carbocycles. The third kappa shape index (κ3) is 8.43. The van der Waals surface area contributed by atoms with E-state index in [1.54, 1.807) is 31.2 Å². The van der Waals surface area contributed by atoms with Gasteiger partial charge in [-0.25, -0.2) is 8.42 Å². The first kappa shape index (κ1) is 35.1. The number of rotatable bonds is 14. The molecule has 14 heteroatoms. The summed E-state index contributed by atoms with van der Waals surface area (Å²) in [5.41, 5.74) is 0.414. The van der Waals surface area contributed by atoms with Crippen LogP contribution in [0, 0.1) is 17.0 Å². The average Bonchev–Trinajstić information content (AvgIpc) is 3.01. The monoisotopic (exact) mass is 660 g/mol. The Bertz CT molecular complexity index is 1670. The van der Waals surface area contributed by atoms with Crippen molar-refractivity contribution in [3.63, 3.8) is 0 Å². The molecule has 0 bridgehead atoms. The molecule has 0 aromatic heterocycles. The Labute approximate surface area is 268 Å². The minimum absolute atomic E-state index is 0.0539. The lowest BCUT2D eigenvalue weighted by Gasteiger charge is -2.33. The number of nitrogens with zero attached hydrogens (tertiary/aromatic N) is 3. The molecule has 0 aliphatic rings. The van der Waals surface area contributed by atoms with Crippen molar-refractivity contribution in [3.8, 4) is 11.5 Å². The molecule has 242 valence electrons. The van der Waals surface area contributed by atoms with Crippen molar-refractivity contribution in [2.75, 3.05) is 25.1 Å². The molecular weight excluding hydrogens is 624 g/mol. The molecule has 0 unspecified atom stereocenters. The number of nitro groups is 1. The van der Waals surface area contributed by atoms with Crippen molar-refractivity contribution in [1.29, 1.82) is 0 Å². The smallest absolute Gasteiger partial charge is 0.273 e. The minimum Gasteiger partial charge on any atom is -0.497 e. The van der Waals surface area contributed by atoms with Gasteiger partial charge in [0, 0.05) is 29.2 Å². The van der Waals surface area contributed by atoms with E-state index in [-0.39, 0.29) is 34.6 Å². The van der Waals surface area contributed by atoms with Crippen molar-refractivity contribution >= 4 is 44.8 Å². The molecule has 0 heterocycles. The topological polar surface area (TPSA) is 148 Å². The summed E-state index contributed by atoms with van der Waals surface area (Å²) in [5.74, 6) is -0.536. The SMILES string of the molecule is CC[C@@H](C)NC(=O)[C@H](C)N(Cc1cccc(OC)c1)C(=O)CN(c1cc(Cl)ccc1OC)S(=O)(=O)c1ccc(C)c([N+](=O)[O-])c1. The van der Waals surface area contributed by atoms with Gasteiger partial charge in [0.15, 0.2) is 0 Å². The van der Waals surface area contributed by atoms with Crippen LogP contribution in [0.2, 0.25) is 5.02 Å². The van der Waals surface area contributed by atoms with E-state index in [0.717, 1.165) is 10.4 Å². The zero-order chi connectivity index (χ0) is 33.5. The number of anilines is 1. The number of nitrogens with one attached hydrogen (secondary N) is 1. The molecule has 12 nitrogen and oxygen atoms in total. The number of aryl methyl sites for hydroxylation is 1. The summed E-state index contributed by atoms with van der Waals surface area (Å²) in [5, 5.41) is 14.7. The highest BCUT2D eigenvalue weighted by atomic mass is 35.5. The molecule has 2 atom stereocenters. The lowest BCUT2D eigenvalue weighted by Crippen LogP contribution is -2.52. The zero-order valence-corrected chi connectivity index (χ0v) is 27.5. The maximum atomic E-state index is 14.2.